The van der Waals surface area contributed by atoms with Crippen molar-refractivity contribution in [3.05, 3.63) is 65.2 Å². The molecule has 7 heteroatoms. The highest BCUT2D eigenvalue weighted by molar-refractivity contribution is 6.78. The molecule has 0 saturated carbocycles. The predicted molar refractivity (Wildman–Crippen MR) is 143 cm³/mol. The number of benzene rings is 2. The second kappa shape index (κ2) is 11.1. The second-order valence-corrected chi connectivity index (χ2v) is 16.6. The van der Waals surface area contributed by atoms with Crippen molar-refractivity contribution in [3.8, 4) is 5.75 Å². The van der Waals surface area contributed by atoms with E-state index in [9.17, 15) is 14.3 Å². The summed E-state index contributed by atoms with van der Waals surface area (Å²) in [5, 5.41) is 11.1. The molecule has 1 N–H and O–H groups in total. The number of carbonyl (C=O) groups is 1. The molecule has 198 valence electrons. The smallest absolute Gasteiger partial charge is 0.258 e. The average Bonchev–Trinajstić information content (AvgIpc) is 2.82. The van der Waals surface area contributed by atoms with Gasteiger partial charge >= 0.3 is 0 Å². The van der Waals surface area contributed by atoms with Crippen LogP contribution in [0.3, 0.4) is 0 Å². The number of ketones is 1. The third kappa shape index (κ3) is 5.58. The Balaban J connectivity index is 1.72. The summed E-state index contributed by atoms with van der Waals surface area (Å²) < 4.78 is 35.0. The molecular weight excluding hydrogens is 476 g/mol. The van der Waals surface area contributed by atoms with E-state index in [1.165, 1.54) is 18.2 Å². The van der Waals surface area contributed by atoms with Crippen molar-refractivity contribution in [1.82, 2.24) is 4.90 Å². The van der Waals surface area contributed by atoms with Crippen LogP contribution in [-0.2, 0) is 5.60 Å². The van der Waals surface area contributed by atoms with Crippen LogP contribution in [0.15, 0.2) is 42.5 Å². The summed E-state index contributed by atoms with van der Waals surface area (Å²) in [7, 11) is -2.32. The molecule has 1 fully saturated rings. The SMILES string of the molecule is CC(C(=O)c1ccc(O[Si](C(C)C)(C(C)C)C(C)C)c(F)c1)N1CCC(O)(c2ccc(F)cc2)CC1. The lowest BCUT2D eigenvalue weighted by molar-refractivity contribution is -0.0318. The largest absolute Gasteiger partial charge is 0.541 e. The van der Waals surface area contributed by atoms with E-state index in [1.807, 2.05) is 11.8 Å². The zero-order chi connectivity index (χ0) is 26.8. The van der Waals surface area contributed by atoms with Gasteiger partial charge in [0.25, 0.3) is 8.32 Å². The van der Waals surface area contributed by atoms with Gasteiger partial charge in [-0.05, 0) is 72.3 Å². The molecule has 0 spiro atoms. The molecule has 1 unspecified atom stereocenters. The van der Waals surface area contributed by atoms with E-state index < -0.39 is 25.8 Å². The summed E-state index contributed by atoms with van der Waals surface area (Å²) in [6.07, 6.45) is 0.868. The highest BCUT2D eigenvalue weighted by atomic mass is 28.4. The van der Waals surface area contributed by atoms with E-state index in [1.54, 1.807) is 24.3 Å². The van der Waals surface area contributed by atoms with Gasteiger partial charge in [-0.15, -0.1) is 0 Å². The summed E-state index contributed by atoms with van der Waals surface area (Å²) >= 11 is 0. The van der Waals surface area contributed by atoms with E-state index in [4.69, 9.17) is 4.43 Å². The van der Waals surface area contributed by atoms with E-state index in [0.29, 0.717) is 53.7 Å². The van der Waals surface area contributed by atoms with Crippen LogP contribution < -0.4 is 4.43 Å². The van der Waals surface area contributed by atoms with Crippen LogP contribution >= 0.6 is 0 Å². The summed E-state index contributed by atoms with van der Waals surface area (Å²) in [5.41, 5.74) is 0.891. The van der Waals surface area contributed by atoms with Gasteiger partial charge in [-0.3, -0.25) is 9.69 Å². The Morgan fingerprint density at radius 3 is 1.92 bits per heavy atom. The van der Waals surface area contributed by atoms with Gasteiger partial charge in [-0.25, -0.2) is 8.78 Å². The van der Waals surface area contributed by atoms with E-state index in [2.05, 4.69) is 41.5 Å². The summed E-state index contributed by atoms with van der Waals surface area (Å²) in [6, 6.07) is 10.0. The number of piperidine rings is 1. The molecule has 0 aromatic heterocycles. The summed E-state index contributed by atoms with van der Waals surface area (Å²) in [4.78, 5) is 15.3. The van der Waals surface area contributed by atoms with Crippen molar-refractivity contribution in [2.24, 2.45) is 0 Å². The maximum Gasteiger partial charge on any atom is 0.258 e. The van der Waals surface area contributed by atoms with E-state index in [0.717, 1.165) is 0 Å². The lowest BCUT2D eigenvalue weighted by atomic mass is 9.84. The van der Waals surface area contributed by atoms with Crippen LogP contribution in [0.2, 0.25) is 16.6 Å². The molecule has 3 rings (SSSR count). The highest BCUT2D eigenvalue weighted by Gasteiger charge is 2.47. The Morgan fingerprint density at radius 2 is 1.44 bits per heavy atom. The zero-order valence-corrected chi connectivity index (χ0v) is 23.6. The molecule has 1 heterocycles. The van der Waals surface area contributed by atoms with Gasteiger partial charge in [0, 0.05) is 18.7 Å². The number of likely N-dealkylation sites (tertiary alicyclic amines) is 1. The lowest BCUT2D eigenvalue weighted by Gasteiger charge is -2.42. The minimum atomic E-state index is -2.32. The Labute approximate surface area is 215 Å². The minimum absolute atomic E-state index is 0.159. The Morgan fingerprint density at radius 1 is 0.917 bits per heavy atom. The van der Waals surface area contributed by atoms with Crippen LogP contribution in [-0.4, -0.2) is 43.2 Å². The molecule has 1 aliphatic rings. The van der Waals surface area contributed by atoms with Crippen molar-refractivity contribution in [3.63, 3.8) is 0 Å². The number of carbonyl (C=O) groups excluding carboxylic acids is 1. The molecule has 1 atom stereocenters. The maximum absolute atomic E-state index is 15.2. The normalized spacial score (nSPS) is 17.6. The van der Waals surface area contributed by atoms with Crippen LogP contribution in [0.5, 0.6) is 5.75 Å². The molecule has 1 aliphatic heterocycles. The molecule has 2 aromatic rings. The molecule has 0 bridgehead atoms. The van der Waals surface area contributed by atoms with Crippen molar-refractivity contribution in [2.75, 3.05) is 13.1 Å². The number of hydrogen-bond donors (Lipinski definition) is 1. The first-order valence-electron chi connectivity index (χ1n) is 13.1. The monoisotopic (exact) mass is 517 g/mol. The average molecular weight is 518 g/mol. The van der Waals surface area contributed by atoms with Gasteiger partial charge in [0.15, 0.2) is 11.6 Å². The maximum atomic E-state index is 15.2. The minimum Gasteiger partial charge on any atom is -0.541 e. The molecule has 2 aromatic carbocycles. The molecule has 36 heavy (non-hydrogen) atoms. The topological polar surface area (TPSA) is 49.8 Å². The fourth-order valence-corrected chi connectivity index (χ4v) is 11.3. The first kappa shape index (κ1) is 28.5. The summed E-state index contributed by atoms with van der Waals surface area (Å²) in [6.45, 7) is 15.8. The van der Waals surface area contributed by atoms with Crippen molar-refractivity contribution < 1.29 is 23.1 Å². The Hall–Kier alpha value is -2.09. The standard InChI is InChI=1S/C29H41F2NO3Si/c1-19(2)36(20(3)4,21(5)6)35-27-13-8-23(18-26(27)31)28(33)22(7)32-16-14-29(34,15-17-32)24-9-11-25(30)12-10-24/h8-13,18-22,34H,14-17H2,1-7H3. The molecule has 0 aliphatic carbocycles. The van der Waals surface area contributed by atoms with Crippen LogP contribution in [0.1, 0.15) is 77.2 Å². The second-order valence-electron chi connectivity index (χ2n) is 11.2. The highest BCUT2D eigenvalue weighted by Crippen LogP contribution is 2.43. The number of aliphatic hydroxyl groups is 1. The first-order chi connectivity index (χ1) is 16.8. The van der Waals surface area contributed by atoms with E-state index in [-0.39, 0.29) is 17.3 Å². The number of Topliss-reactive ketones (excluding diaryl/α,β-unsaturated/α-hetero) is 1. The molecule has 4 nitrogen and oxygen atoms in total. The number of nitrogens with zero attached hydrogens (tertiary/aromatic N) is 1. The van der Waals surface area contributed by atoms with Gasteiger partial charge in [-0.2, -0.15) is 0 Å². The van der Waals surface area contributed by atoms with Gasteiger partial charge in [0.1, 0.15) is 11.6 Å². The molecule has 0 amide bonds. The van der Waals surface area contributed by atoms with Crippen molar-refractivity contribution in [1.29, 1.82) is 0 Å². The van der Waals surface area contributed by atoms with Crippen molar-refractivity contribution >= 4 is 14.1 Å². The van der Waals surface area contributed by atoms with Gasteiger partial charge < -0.3 is 9.53 Å². The fourth-order valence-electron chi connectivity index (χ4n) is 6.02. The lowest BCUT2D eigenvalue weighted by Crippen LogP contribution is -2.50. The zero-order valence-electron chi connectivity index (χ0n) is 22.6. The first-order valence-corrected chi connectivity index (χ1v) is 15.2. The summed E-state index contributed by atoms with van der Waals surface area (Å²) in [5.74, 6) is -0.776. The molecule has 1 saturated heterocycles. The molecule has 0 radical (unpaired) electrons. The quantitative estimate of drug-likeness (QED) is 0.285. The van der Waals surface area contributed by atoms with Gasteiger partial charge in [0.2, 0.25) is 0 Å². The van der Waals surface area contributed by atoms with Crippen LogP contribution in [0.4, 0.5) is 8.78 Å². The number of rotatable bonds is 9. The van der Waals surface area contributed by atoms with Crippen molar-refractivity contribution in [2.45, 2.75) is 89.6 Å². The third-order valence-electron chi connectivity index (χ3n) is 8.14. The van der Waals surface area contributed by atoms with E-state index >= 15 is 4.39 Å². The Bertz CT molecular complexity index is 1030. The van der Waals surface area contributed by atoms with Crippen LogP contribution in [0, 0.1) is 11.6 Å². The third-order valence-corrected chi connectivity index (χ3v) is 14.1. The predicted octanol–water partition coefficient (Wildman–Crippen LogP) is 7.07. The van der Waals surface area contributed by atoms with Gasteiger partial charge in [-0.1, -0.05) is 53.7 Å². The Kier molecular flexibility index (Phi) is 8.79. The number of hydrogen-bond acceptors (Lipinski definition) is 4. The fraction of sp³-hybridized carbons (Fsp3) is 0.552. The number of halogens is 2. The van der Waals surface area contributed by atoms with Crippen LogP contribution in [0.25, 0.3) is 0 Å². The van der Waals surface area contributed by atoms with Gasteiger partial charge in [0.05, 0.1) is 11.6 Å². The molecular formula is C29H41F2NO3Si.